The second-order valence-electron chi connectivity index (χ2n) is 7.42. The summed E-state index contributed by atoms with van der Waals surface area (Å²) < 4.78 is 13.0. The Morgan fingerprint density at radius 2 is 2.00 bits per heavy atom. The fourth-order valence-electron chi connectivity index (χ4n) is 3.98. The fourth-order valence-corrected chi connectivity index (χ4v) is 3.98. The van der Waals surface area contributed by atoms with E-state index in [2.05, 4.69) is 9.88 Å². The van der Waals surface area contributed by atoms with Gasteiger partial charge >= 0.3 is 0 Å². The second kappa shape index (κ2) is 8.86. The van der Waals surface area contributed by atoms with E-state index in [-0.39, 0.29) is 23.6 Å². The Kier molecular flexibility index (Phi) is 6.03. The van der Waals surface area contributed by atoms with Crippen molar-refractivity contribution < 1.29 is 14.3 Å². The molecule has 0 aromatic carbocycles. The number of carbonyl (C=O) groups is 1. The van der Waals surface area contributed by atoms with E-state index in [0.717, 1.165) is 25.2 Å². The first-order valence-electron chi connectivity index (χ1n) is 9.93. The van der Waals surface area contributed by atoms with E-state index in [4.69, 9.17) is 9.47 Å². The van der Waals surface area contributed by atoms with Crippen molar-refractivity contribution in [3.05, 3.63) is 64.3 Å². The topological polar surface area (TPSA) is 76.9 Å². The zero-order chi connectivity index (χ0) is 20.2. The van der Waals surface area contributed by atoms with Crippen molar-refractivity contribution in [1.82, 2.24) is 19.4 Å². The lowest BCUT2D eigenvalue weighted by Crippen LogP contribution is -2.53. The third-order valence-corrected chi connectivity index (χ3v) is 5.51. The molecule has 2 saturated heterocycles. The smallest absolute Gasteiger partial charge is 0.256 e. The average Bonchev–Trinajstić information content (AvgIpc) is 2.76. The highest BCUT2D eigenvalue weighted by Gasteiger charge is 2.38. The van der Waals surface area contributed by atoms with Gasteiger partial charge in [0, 0.05) is 57.9 Å². The van der Waals surface area contributed by atoms with Crippen LogP contribution in [-0.4, -0.2) is 77.4 Å². The average molecular weight is 398 g/mol. The molecule has 2 atom stereocenters. The van der Waals surface area contributed by atoms with Gasteiger partial charge in [-0.3, -0.25) is 19.5 Å². The highest BCUT2D eigenvalue weighted by molar-refractivity contribution is 5.94. The fraction of sp³-hybridized carbons (Fsp3) is 0.476. The summed E-state index contributed by atoms with van der Waals surface area (Å²) in [4.78, 5) is 33.5. The molecule has 0 spiro atoms. The Morgan fingerprint density at radius 1 is 1.17 bits per heavy atom. The number of ether oxygens (including phenoxy) is 2. The number of carbonyl (C=O) groups excluding carboxylic acids is 1. The van der Waals surface area contributed by atoms with E-state index in [1.165, 1.54) is 10.6 Å². The van der Waals surface area contributed by atoms with Gasteiger partial charge < -0.3 is 18.9 Å². The molecule has 4 rings (SSSR count). The standard InChI is InChI=1S/C21H26N4O4/c1-23-14-17(4-5-19(23)26)21(27)25-9-12-29-18(15-24-7-10-28-11-8-24)20(25)16-3-2-6-22-13-16/h2-6,13-14,18,20H,7-12,15H2,1H3/t18-,20-/m0/s1. The van der Waals surface area contributed by atoms with Crippen LogP contribution in [0, 0.1) is 0 Å². The van der Waals surface area contributed by atoms with Gasteiger partial charge in [-0.1, -0.05) is 6.07 Å². The number of amides is 1. The molecule has 2 aromatic rings. The molecule has 29 heavy (non-hydrogen) atoms. The molecule has 8 heteroatoms. The van der Waals surface area contributed by atoms with Crippen molar-refractivity contribution in [3.63, 3.8) is 0 Å². The largest absolute Gasteiger partial charge is 0.379 e. The SMILES string of the molecule is Cn1cc(C(=O)N2CCO[C@@H](CN3CCOCC3)[C@@H]2c2cccnc2)ccc1=O. The number of pyridine rings is 2. The van der Waals surface area contributed by atoms with Crippen LogP contribution in [0.5, 0.6) is 0 Å². The van der Waals surface area contributed by atoms with Gasteiger partial charge in [0.25, 0.3) is 5.91 Å². The summed E-state index contributed by atoms with van der Waals surface area (Å²) >= 11 is 0. The minimum atomic E-state index is -0.245. The number of rotatable bonds is 4. The van der Waals surface area contributed by atoms with Crippen molar-refractivity contribution in [3.8, 4) is 0 Å². The van der Waals surface area contributed by atoms with Crippen LogP contribution in [0.25, 0.3) is 0 Å². The lowest BCUT2D eigenvalue weighted by Gasteiger charge is -2.43. The molecule has 2 aliphatic heterocycles. The molecule has 4 heterocycles. The van der Waals surface area contributed by atoms with Crippen LogP contribution in [0.1, 0.15) is 22.0 Å². The van der Waals surface area contributed by atoms with E-state index in [1.54, 1.807) is 31.7 Å². The van der Waals surface area contributed by atoms with Gasteiger partial charge in [0.1, 0.15) is 0 Å². The molecule has 0 N–H and O–H groups in total. The molecule has 8 nitrogen and oxygen atoms in total. The number of morpholine rings is 2. The van der Waals surface area contributed by atoms with Gasteiger partial charge in [0.2, 0.25) is 5.56 Å². The molecule has 0 aliphatic carbocycles. The van der Waals surface area contributed by atoms with E-state index in [0.29, 0.717) is 31.9 Å². The van der Waals surface area contributed by atoms with Crippen molar-refractivity contribution in [1.29, 1.82) is 0 Å². The zero-order valence-electron chi connectivity index (χ0n) is 16.6. The maximum Gasteiger partial charge on any atom is 0.256 e. The zero-order valence-corrected chi connectivity index (χ0v) is 16.6. The third-order valence-electron chi connectivity index (χ3n) is 5.51. The van der Waals surface area contributed by atoms with Gasteiger partial charge in [-0.25, -0.2) is 0 Å². The van der Waals surface area contributed by atoms with Crippen molar-refractivity contribution in [2.24, 2.45) is 7.05 Å². The lowest BCUT2D eigenvalue weighted by molar-refractivity contribution is -0.0819. The van der Waals surface area contributed by atoms with Crippen molar-refractivity contribution in [2.45, 2.75) is 12.1 Å². The number of nitrogens with zero attached hydrogens (tertiary/aromatic N) is 4. The molecule has 154 valence electrons. The van der Waals surface area contributed by atoms with Gasteiger partial charge in [-0.15, -0.1) is 0 Å². The highest BCUT2D eigenvalue weighted by atomic mass is 16.5. The number of hydrogen-bond acceptors (Lipinski definition) is 6. The number of aromatic nitrogens is 2. The first-order valence-corrected chi connectivity index (χ1v) is 9.93. The molecule has 1 amide bonds. The van der Waals surface area contributed by atoms with Crippen molar-refractivity contribution >= 4 is 5.91 Å². The Hall–Kier alpha value is -2.55. The second-order valence-corrected chi connectivity index (χ2v) is 7.42. The van der Waals surface area contributed by atoms with Crippen LogP contribution in [0.2, 0.25) is 0 Å². The summed E-state index contributed by atoms with van der Waals surface area (Å²) in [6.07, 6.45) is 4.95. The summed E-state index contributed by atoms with van der Waals surface area (Å²) in [5.74, 6) is -0.107. The predicted molar refractivity (Wildman–Crippen MR) is 107 cm³/mol. The van der Waals surface area contributed by atoms with Gasteiger partial charge in [0.15, 0.2) is 0 Å². The lowest BCUT2D eigenvalue weighted by atomic mass is 9.98. The normalized spacial score (nSPS) is 23.1. The first kappa shape index (κ1) is 19.8. The van der Waals surface area contributed by atoms with E-state index >= 15 is 0 Å². The third kappa shape index (κ3) is 4.39. The maximum atomic E-state index is 13.4. The molecule has 0 radical (unpaired) electrons. The Bertz CT molecular complexity index is 895. The summed E-state index contributed by atoms with van der Waals surface area (Å²) in [5, 5.41) is 0. The van der Waals surface area contributed by atoms with E-state index < -0.39 is 0 Å². The minimum Gasteiger partial charge on any atom is -0.379 e. The van der Waals surface area contributed by atoms with Crippen LogP contribution in [0.3, 0.4) is 0 Å². The molecule has 2 fully saturated rings. The summed E-state index contributed by atoms with van der Waals surface area (Å²) in [6, 6.07) is 6.64. The Balaban J connectivity index is 1.64. The predicted octanol–water partition coefficient (Wildman–Crippen LogP) is 0.695. The minimum absolute atomic E-state index is 0.107. The van der Waals surface area contributed by atoms with Crippen LogP contribution in [0.4, 0.5) is 0 Å². The molecular weight excluding hydrogens is 372 g/mol. The van der Waals surface area contributed by atoms with E-state index in [9.17, 15) is 9.59 Å². The van der Waals surface area contributed by atoms with Gasteiger partial charge in [-0.2, -0.15) is 0 Å². The van der Waals surface area contributed by atoms with Crippen molar-refractivity contribution in [2.75, 3.05) is 46.0 Å². The summed E-state index contributed by atoms with van der Waals surface area (Å²) in [7, 11) is 1.65. The Morgan fingerprint density at radius 3 is 2.72 bits per heavy atom. The molecule has 2 aromatic heterocycles. The first-order chi connectivity index (χ1) is 14.1. The van der Waals surface area contributed by atoms with Crippen LogP contribution < -0.4 is 5.56 Å². The number of hydrogen-bond donors (Lipinski definition) is 0. The highest BCUT2D eigenvalue weighted by Crippen LogP contribution is 2.31. The molecule has 0 unspecified atom stereocenters. The monoisotopic (exact) mass is 398 g/mol. The molecule has 0 bridgehead atoms. The van der Waals surface area contributed by atoms with Crippen LogP contribution in [-0.2, 0) is 16.5 Å². The molecule has 0 saturated carbocycles. The maximum absolute atomic E-state index is 13.4. The van der Waals surface area contributed by atoms with Crippen LogP contribution in [0.15, 0.2) is 47.7 Å². The Labute approximate surface area is 169 Å². The molecule has 2 aliphatic rings. The van der Waals surface area contributed by atoms with E-state index in [1.807, 2.05) is 17.0 Å². The van der Waals surface area contributed by atoms with Gasteiger partial charge in [0.05, 0.1) is 37.5 Å². The van der Waals surface area contributed by atoms with Crippen LogP contribution >= 0.6 is 0 Å². The number of aryl methyl sites for hydroxylation is 1. The summed E-state index contributed by atoms with van der Waals surface area (Å²) in [5.41, 5.74) is 1.30. The summed E-state index contributed by atoms with van der Waals surface area (Å²) in [6.45, 7) is 4.82. The van der Waals surface area contributed by atoms with Gasteiger partial charge in [-0.05, 0) is 17.7 Å². The quantitative estimate of drug-likeness (QED) is 0.755. The molecular formula is C21H26N4O4.